The first-order valence-corrected chi connectivity index (χ1v) is 10.1. The summed E-state index contributed by atoms with van der Waals surface area (Å²) in [5, 5.41) is 16.1. The number of aromatic amines is 1. The van der Waals surface area contributed by atoms with Gasteiger partial charge in [-0.3, -0.25) is 5.10 Å². The van der Waals surface area contributed by atoms with Gasteiger partial charge in [0.15, 0.2) is 11.8 Å². The minimum atomic E-state index is -0.537. The van der Waals surface area contributed by atoms with E-state index in [1.807, 2.05) is 65.8 Å². The normalized spacial score (nSPS) is 12.4. The summed E-state index contributed by atoms with van der Waals surface area (Å²) in [6.45, 7) is 13.1. The lowest BCUT2D eigenvalue weighted by Gasteiger charge is -2.29. The molecule has 0 saturated carbocycles. The second-order valence-electron chi connectivity index (χ2n) is 8.59. The molecule has 0 radical (unpaired) electrons. The molecule has 0 atom stereocenters. The fraction of sp³-hybridized carbons (Fsp3) is 0.524. The first-order chi connectivity index (χ1) is 14.1. The summed E-state index contributed by atoms with van der Waals surface area (Å²) in [6.07, 6.45) is 1.04. The molecule has 4 N–H and O–H groups in total. The van der Waals surface area contributed by atoms with Crippen LogP contribution in [0.4, 0.5) is 4.79 Å². The maximum Gasteiger partial charge on any atom is 0.408 e. The van der Waals surface area contributed by atoms with Crippen LogP contribution in [0, 0.1) is 0 Å². The zero-order chi connectivity index (χ0) is 22.2. The van der Waals surface area contributed by atoms with Crippen LogP contribution in [0.5, 0.6) is 0 Å². The third-order valence-electron chi connectivity index (χ3n) is 3.92. The van der Waals surface area contributed by atoms with Crippen LogP contribution in [-0.2, 0) is 11.3 Å². The number of carbonyl (C=O) groups excluding carboxylic acids is 1. The van der Waals surface area contributed by atoms with Crippen molar-refractivity contribution in [3.8, 4) is 11.4 Å². The first kappa shape index (κ1) is 23.2. The molecule has 1 amide bonds. The largest absolute Gasteiger partial charge is 0.444 e. The van der Waals surface area contributed by atoms with Crippen molar-refractivity contribution in [1.82, 2.24) is 31.1 Å². The molecule has 0 aliphatic carbocycles. The van der Waals surface area contributed by atoms with Gasteiger partial charge in [0.25, 0.3) is 0 Å². The Labute approximate surface area is 178 Å². The van der Waals surface area contributed by atoms with Crippen LogP contribution >= 0.6 is 0 Å². The number of aromatic nitrogens is 3. The quantitative estimate of drug-likeness (QED) is 0.408. The Morgan fingerprint density at radius 1 is 1.20 bits per heavy atom. The van der Waals surface area contributed by atoms with E-state index >= 15 is 0 Å². The van der Waals surface area contributed by atoms with Gasteiger partial charge in [-0.25, -0.2) is 14.8 Å². The Morgan fingerprint density at radius 2 is 1.97 bits per heavy atom. The van der Waals surface area contributed by atoms with Crippen LogP contribution < -0.4 is 16.0 Å². The van der Waals surface area contributed by atoms with Gasteiger partial charge in [-0.1, -0.05) is 18.2 Å². The smallest absolute Gasteiger partial charge is 0.408 e. The molecule has 0 fully saturated rings. The summed E-state index contributed by atoms with van der Waals surface area (Å²) in [5.41, 5.74) is 0.947. The molecular formula is C21H33N7O2. The molecule has 30 heavy (non-hydrogen) atoms. The van der Waals surface area contributed by atoms with Gasteiger partial charge < -0.3 is 20.7 Å². The van der Waals surface area contributed by atoms with Crippen molar-refractivity contribution in [2.24, 2.45) is 4.99 Å². The van der Waals surface area contributed by atoms with Crippen molar-refractivity contribution in [3.63, 3.8) is 0 Å². The minimum Gasteiger partial charge on any atom is -0.444 e. The van der Waals surface area contributed by atoms with Crippen molar-refractivity contribution in [1.29, 1.82) is 0 Å². The second-order valence-corrected chi connectivity index (χ2v) is 8.59. The molecular weight excluding hydrogens is 382 g/mol. The number of nitrogens with one attached hydrogen (secondary N) is 4. The van der Waals surface area contributed by atoms with E-state index in [4.69, 9.17) is 4.74 Å². The third kappa shape index (κ3) is 8.10. The van der Waals surface area contributed by atoms with E-state index < -0.39 is 17.2 Å². The third-order valence-corrected chi connectivity index (χ3v) is 3.92. The fourth-order valence-corrected chi connectivity index (χ4v) is 2.60. The molecule has 9 heteroatoms. The number of amides is 1. The van der Waals surface area contributed by atoms with Gasteiger partial charge in [0.2, 0.25) is 0 Å². The molecule has 0 aliphatic rings. The molecule has 1 aromatic heterocycles. The highest BCUT2D eigenvalue weighted by molar-refractivity contribution is 5.80. The van der Waals surface area contributed by atoms with Crippen molar-refractivity contribution in [2.45, 2.75) is 59.2 Å². The van der Waals surface area contributed by atoms with E-state index in [2.05, 4.69) is 36.1 Å². The molecule has 164 valence electrons. The number of nitrogens with zero attached hydrogens (tertiary/aromatic N) is 3. The number of H-pyrrole nitrogens is 1. The predicted octanol–water partition coefficient (Wildman–Crippen LogP) is 2.83. The van der Waals surface area contributed by atoms with E-state index in [0.29, 0.717) is 19.0 Å². The van der Waals surface area contributed by atoms with Gasteiger partial charge in [-0.2, -0.15) is 5.10 Å². The Kier molecular flexibility index (Phi) is 7.79. The van der Waals surface area contributed by atoms with Gasteiger partial charge in [-0.05, 0) is 53.2 Å². The topological polar surface area (TPSA) is 116 Å². The maximum atomic E-state index is 12.1. The van der Waals surface area contributed by atoms with Crippen LogP contribution in [0.3, 0.4) is 0 Å². The lowest BCUT2D eigenvalue weighted by molar-refractivity contribution is 0.0474. The Bertz CT molecular complexity index is 839. The summed E-state index contributed by atoms with van der Waals surface area (Å²) >= 11 is 0. The van der Waals surface area contributed by atoms with E-state index in [9.17, 15) is 4.79 Å². The summed E-state index contributed by atoms with van der Waals surface area (Å²) in [7, 11) is 0. The van der Waals surface area contributed by atoms with Crippen LogP contribution in [0.15, 0.2) is 35.6 Å². The van der Waals surface area contributed by atoms with Crippen molar-refractivity contribution < 1.29 is 9.53 Å². The van der Waals surface area contributed by atoms with Gasteiger partial charge >= 0.3 is 6.09 Å². The second kappa shape index (κ2) is 10.1. The molecule has 2 rings (SSSR count). The molecule has 1 aromatic carbocycles. The highest BCUT2D eigenvalue weighted by atomic mass is 16.6. The van der Waals surface area contributed by atoms with Crippen molar-refractivity contribution >= 4 is 12.1 Å². The zero-order valence-electron chi connectivity index (χ0n) is 18.7. The van der Waals surface area contributed by atoms with Gasteiger partial charge in [0, 0.05) is 18.7 Å². The Hall–Kier alpha value is -3.10. The van der Waals surface area contributed by atoms with Crippen LogP contribution in [0.1, 0.15) is 47.1 Å². The monoisotopic (exact) mass is 415 g/mol. The number of alkyl carbamates (subject to hydrolysis) is 1. The maximum absolute atomic E-state index is 12.1. The van der Waals surface area contributed by atoms with Crippen molar-refractivity contribution in [3.05, 3.63) is 36.2 Å². The average molecular weight is 416 g/mol. The van der Waals surface area contributed by atoms with E-state index in [-0.39, 0.29) is 0 Å². The number of aliphatic imine (C=N–C) groups is 1. The SMILES string of the molecule is CCNC(=NCc1cccc(-c2ncn[nH]2)c1)NCC(C)(C)NC(=O)OC(C)(C)C. The molecule has 0 spiro atoms. The van der Waals surface area contributed by atoms with E-state index in [1.165, 1.54) is 6.33 Å². The summed E-state index contributed by atoms with van der Waals surface area (Å²) in [6, 6.07) is 7.99. The predicted molar refractivity (Wildman–Crippen MR) is 118 cm³/mol. The number of hydrogen-bond acceptors (Lipinski definition) is 5. The van der Waals surface area contributed by atoms with Crippen LogP contribution in [-0.4, -0.2) is 51.5 Å². The van der Waals surface area contributed by atoms with Crippen LogP contribution in [0.25, 0.3) is 11.4 Å². The molecule has 1 heterocycles. The number of carbonyl (C=O) groups is 1. The molecule has 9 nitrogen and oxygen atoms in total. The number of benzene rings is 1. The highest BCUT2D eigenvalue weighted by Gasteiger charge is 2.24. The molecule has 0 bridgehead atoms. The number of rotatable bonds is 7. The van der Waals surface area contributed by atoms with Gasteiger partial charge in [0.1, 0.15) is 11.9 Å². The average Bonchev–Trinajstić information content (AvgIpc) is 3.17. The summed E-state index contributed by atoms with van der Waals surface area (Å²) in [4.78, 5) is 20.9. The van der Waals surface area contributed by atoms with E-state index in [0.717, 1.165) is 23.5 Å². The fourth-order valence-electron chi connectivity index (χ4n) is 2.60. The standard InChI is InChI=1S/C21H33N7O2/c1-7-22-18(24-13-21(5,6)27-19(29)30-20(2,3)4)23-12-15-9-8-10-16(11-15)17-25-14-26-28-17/h8-11,14H,7,12-13H2,1-6H3,(H,27,29)(H2,22,23,24)(H,25,26,28). The molecule has 2 aromatic rings. The number of hydrogen-bond donors (Lipinski definition) is 4. The molecule has 0 unspecified atom stereocenters. The lowest BCUT2D eigenvalue weighted by atomic mass is 10.1. The van der Waals surface area contributed by atoms with E-state index in [1.54, 1.807) is 0 Å². The first-order valence-electron chi connectivity index (χ1n) is 10.1. The highest BCUT2D eigenvalue weighted by Crippen LogP contribution is 2.16. The summed E-state index contributed by atoms with van der Waals surface area (Å²) in [5.74, 6) is 1.39. The Balaban J connectivity index is 1.97. The summed E-state index contributed by atoms with van der Waals surface area (Å²) < 4.78 is 5.34. The van der Waals surface area contributed by atoms with Crippen molar-refractivity contribution in [2.75, 3.05) is 13.1 Å². The van der Waals surface area contributed by atoms with Crippen LogP contribution in [0.2, 0.25) is 0 Å². The lowest BCUT2D eigenvalue weighted by Crippen LogP contribution is -2.54. The van der Waals surface area contributed by atoms with Gasteiger partial charge in [0.05, 0.1) is 12.1 Å². The van der Waals surface area contributed by atoms with Gasteiger partial charge in [-0.15, -0.1) is 0 Å². The number of guanidine groups is 1. The Morgan fingerprint density at radius 3 is 2.60 bits per heavy atom. The number of ether oxygens (including phenoxy) is 1. The molecule has 0 saturated heterocycles. The zero-order valence-corrected chi connectivity index (χ0v) is 18.7. The minimum absolute atomic E-state index is 0.444. The molecule has 0 aliphatic heterocycles.